The van der Waals surface area contributed by atoms with Crippen LogP contribution in [0.5, 0.6) is 0 Å². The Morgan fingerprint density at radius 1 is 0.933 bits per heavy atom. The van der Waals surface area contributed by atoms with Gasteiger partial charge in [0.15, 0.2) is 0 Å². The summed E-state index contributed by atoms with van der Waals surface area (Å²) in [6, 6.07) is -0.168. The Balaban J connectivity index is 2.50. The van der Waals surface area contributed by atoms with Gasteiger partial charge in [-0.15, -0.1) is 0 Å². The third-order valence-electron chi connectivity index (χ3n) is 3.14. The molecule has 2 atom stereocenters. The third-order valence-corrected chi connectivity index (χ3v) is 5.02. The zero-order chi connectivity index (χ0) is 11.5. The highest BCUT2D eigenvalue weighted by molar-refractivity contribution is 7.87. The summed E-state index contributed by atoms with van der Waals surface area (Å²) in [5.41, 5.74) is 0. The van der Waals surface area contributed by atoms with Gasteiger partial charge >= 0.3 is 6.03 Å². The van der Waals surface area contributed by atoms with E-state index < -0.39 is 22.5 Å². The van der Waals surface area contributed by atoms with E-state index in [-0.39, 0.29) is 6.03 Å². The highest BCUT2D eigenvalue weighted by atomic mass is 32.2. The van der Waals surface area contributed by atoms with Gasteiger partial charge in [-0.1, -0.05) is 0 Å². The molecule has 2 heterocycles. The van der Waals surface area contributed by atoms with Crippen LogP contribution in [0.4, 0.5) is 4.79 Å². The summed E-state index contributed by atoms with van der Waals surface area (Å²) >= 11 is 0. The molecular weight excluding hydrogens is 220 g/mol. The van der Waals surface area contributed by atoms with Crippen LogP contribution in [-0.4, -0.2) is 73.4 Å². The minimum atomic E-state index is -3.42. The van der Waals surface area contributed by atoms with E-state index in [1.807, 2.05) is 0 Å². The second-order valence-corrected chi connectivity index (χ2v) is 5.92. The summed E-state index contributed by atoms with van der Waals surface area (Å²) in [6.07, 6.45) is -0.866. The van der Waals surface area contributed by atoms with Gasteiger partial charge in [-0.3, -0.25) is 0 Å². The van der Waals surface area contributed by atoms with Crippen molar-refractivity contribution in [2.45, 2.75) is 12.3 Å². The predicted molar refractivity (Wildman–Crippen MR) is 52.9 cm³/mol. The molecule has 0 radical (unpaired) electrons. The first-order valence-corrected chi connectivity index (χ1v) is 5.90. The van der Waals surface area contributed by atoms with Gasteiger partial charge < -0.3 is 9.80 Å². The van der Waals surface area contributed by atoms with E-state index in [1.165, 1.54) is 32.5 Å². The lowest BCUT2D eigenvalue weighted by molar-refractivity contribution is 0.171. The summed E-state index contributed by atoms with van der Waals surface area (Å²) in [6.45, 7) is 0. The number of fused-ring (bicyclic) bond motifs is 1. The highest BCUT2D eigenvalue weighted by Crippen LogP contribution is 2.34. The number of carbonyl (C=O) groups excluding carboxylic acids is 1. The van der Waals surface area contributed by atoms with Crippen molar-refractivity contribution in [3.05, 3.63) is 0 Å². The summed E-state index contributed by atoms with van der Waals surface area (Å²) in [5, 5.41) is 0. The van der Waals surface area contributed by atoms with E-state index >= 15 is 0 Å². The minimum Gasteiger partial charge on any atom is -0.307 e. The number of likely N-dealkylation sites (N-methyl/N-ethyl adjacent to an activating group) is 4. The van der Waals surface area contributed by atoms with Gasteiger partial charge in [0, 0.05) is 28.2 Å². The molecule has 2 amide bonds. The first-order chi connectivity index (χ1) is 6.80. The van der Waals surface area contributed by atoms with Crippen LogP contribution in [0.3, 0.4) is 0 Å². The lowest BCUT2D eigenvalue weighted by Gasteiger charge is -2.22. The Morgan fingerprint density at radius 3 is 1.60 bits per heavy atom. The fourth-order valence-electron chi connectivity index (χ4n) is 2.21. The molecule has 0 N–H and O–H groups in total. The predicted octanol–water partition coefficient (Wildman–Crippen LogP) is -1.24. The van der Waals surface area contributed by atoms with Crippen molar-refractivity contribution >= 4 is 16.2 Å². The average Bonchev–Trinajstić information content (AvgIpc) is 2.49. The standard InChI is InChI=1S/C7H14N4O3S/c1-8-5-6(9(2)7(8)12)11(4)15(13,14)10(5)3/h5-6H,1-4H3/t5-,6-/m0/s1. The fraction of sp³-hybridized carbons (Fsp3) is 0.857. The number of amides is 2. The molecule has 15 heavy (non-hydrogen) atoms. The molecule has 86 valence electrons. The van der Waals surface area contributed by atoms with E-state index in [0.29, 0.717) is 0 Å². The van der Waals surface area contributed by atoms with Crippen molar-refractivity contribution in [2.24, 2.45) is 0 Å². The molecule has 2 saturated heterocycles. The normalized spacial score (nSPS) is 36.4. The van der Waals surface area contributed by atoms with E-state index in [2.05, 4.69) is 0 Å². The first-order valence-electron chi connectivity index (χ1n) is 4.50. The molecule has 7 nitrogen and oxygen atoms in total. The summed E-state index contributed by atoms with van der Waals surface area (Å²) in [5.74, 6) is 0. The molecule has 8 heteroatoms. The zero-order valence-electron chi connectivity index (χ0n) is 9.08. The van der Waals surface area contributed by atoms with E-state index in [1.54, 1.807) is 14.1 Å². The van der Waals surface area contributed by atoms with Crippen LogP contribution in [0.15, 0.2) is 0 Å². The van der Waals surface area contributed by atoms with Crippen molar-refractivity contribution in [1.29, 1.82) is 0 Å². The van der Waals surface area contributed by atoms with Gasteiger partial charge in [0.1, 0.15) is 12.3 Å². The molecule has 0 saturated carbocycles. The molecule has 0 bridgehead atoms. The molecule has 0 aliphatic carbocycles. The second kappa shape index (κ2) is 2.83. The van der Waals surface area contributed by atoms with Crippen LogP contribution >= 0.6 is 0 Å². The van der Waals surface area contributed by atoms with Crippen molar-refractivity contribution in [3.8, 4) is 0 Å². The number of carbonyl (C=O) groups is 1. The zero-order valence-corrected chi connectivity index (χ0v) is 9.89. The number of urea groups is 1. The van der Waals surface area contributed by atoms with Crippen LogP contribution in [-0.2, 0) is 10.2 Å². The first kappa shape index (κ1) is 10.7. The topological polar surface area (TPSA) is 64.2 Å². The Kier molecular flexibility index (Phi) is 2.01. The smallest absolute Gasteiger partial charge is 0.307 e. The number of hydrogen-bond acceptors (Lipinski definition) is 3. The molecule has 2 rings (SSSR count). The van der Waals surface area contributed by atoms with Crippen LogP contribution in [0.2, 0.25) is 0 Å². The molecule has 2 fully saturated rings. The van der Waals surface area contributed by atoms with Crippen molar-refractivity contribution in [2.75, 3.05) is 28.2 Å². The molecular formula is C7H14N4O3S. The maximum Gasteiger partial charge on any atom is 0.322 e. The largest absolute Gasteiger partial charge is 0.322 e. The summed E-state index contributed by atoms with van der Waals surface area (Å²) in [7, 11) is 2.76. The van der Waals surface area contributed by atoms with Crippen LogP contribution in [0.1, 0.15) is 0 Å². The molecule has 0 aromatic carbocycles. The molecule has 0 unspecified atom stereocenters. The van der Waals surface area contributed by atoms with Crippen molar-refractivity contribution < 1.29 is 13.2 Å². The van der Waals surface area contributed by atoms with Gasteiger partial charge in [0.25, 0.3) is 10.2 Å². The molecule has 0 aromatic rings. The average molecular weight is 234 g/mol. The molecule has 0 spiro atoms. The van der Waals surface area contributed by atoms with E-state index in [4.69, 9.17) is 0 Å². The van der Waals surface area contributed by atoms with E-state index in [9.17, 15) is 13.2 Å². The summed E-state index contributed by atoms with van der Waals surface area (Å²) in [4.78, 5) is 14.5. The van der Waals surface area contributed by atoms with Gasteiger partial charge in [-0.05, 0) is 0 Å². The fourth-order valence-corrected chi connectivity index (χ4v) is 3.67. The van der Waals surface area contributed by atoms with Crippen molar-refractivity contribution in [3.63, 3.8) is 0 Å². The molecule has 0 aromatic heterocycles. The van der Waals surface area contributed by atoms with Crippen LogP contribution in [0, 0.1) is 0 Å². The second-order valence-electron chi connectivity index (χ2n) is 3.87. The number of nitrogens with zero attached hydrogens (tertiary/aromatic N) is 4. The Bertz CT molecular complexity index is 378. The number of hydrogen-bond donors (Lipinski definition) is 0. The lowest BCUT2D eigenvalue weighted by atomic mass is 10.4. The minimum absolute atomic E-state index is 0.168. The molecule has 2 aliphatic heterocycles. The van der Waals surface area contributed by atoms with E-state index in [0.717, 1.165) is 0 Å². The monoisotopic (exact) mass is 234 g/mol. The van der Waals surface area contributed by atoms with Gasteiger partial charge in [0.05, 0.1) is 0 Å². The van der Waals surface area contributed by atoms with Crippen molar-refractivity contribution in [1.82, 2.24) is 18.4 Å². The SMILES string of the molecule is CN1C(=O)N(C)[C@@H]2[C@@H]1N(C)S(=O)(=O)N2C. The van der Waals surface area contributed by atoms with Gasteiger partial charge in [0.2, 0.25) is 0 Å². The van der Waals surface area contributed by atoms with Gasteiger partial charge in [-0.25, -0.2) is 4.79 Å². The maximum absolute atomic E-state index is 11.8. The van der Waals surface area contributed by atoms with Gasteiger partial charge in [-0.2, -0.15) is 17.0 Å². The highest BCUT2D eigenvalue weighted by Gasteiger charge is 2.57. The lowest BCUT2D eigenvalue weighted by Crippen LogP contribution is -2.42. The quantitative estimate of drug-likeness (QED) is 0.526. The maximum atomic E-state index is 11.8. The van der Waals surface area contributed by atoms with Crippen LogP contribution < -0.4 is 0 Å². The number of rotatable bonds is 0. The Morgan fingerprint density at radius 2 is 1.27 bits per heavy atom. The Hall–Kier alpha value is -0.860. The Labute approximate surface area is 89.0 Å². The summed E-state index contributed by atoms with van der Waals surface area (Å²) < 4.78 is 26.0. The molecule has 2 aliphatic rings. The van der Waals surface area contributed by atoms with Crippen LogP contribution in [0.25, 0.3) is 0 Å². The third kappa shape index (κ3) is 1.06.